The lowest BCUT2D eigenvalue weighted by Crippen LogP contribution is -2.42. The number of hydrogen-bond acceptors (Lipinski definition) is 5. The Kier molecular flexibility index (Phi) is 11.1. The van der Waals surface area contributed by atoms with E-state index in [9.17, 15) is 9.59 Å². The average molecular weight is 298 g/mol. The maximum absolute atomic E-state index is 11.7. The maximum Gasteiger partial charge on any atom is 0.407 e. The second-order valence-electron chi connectivity index (χ2n) is 3.47. The lowest BCUT2D eigenvalue weighted by atomic mass is 10.2. The fourth-order valence-electron chi connectivity index (χ4n) is 1.10. The molecule has 0 aromatic carbocycles. The minimum Gasteiger partial charge on any atom is -0.464 e. The van der Waals surface area contributed by atoms with Crippen LogP contribution in [0.3, 0.4) is 0 Å². The number of esters is 1. The van der Waals surface area contributed by atoms with Crippen molar-refractivity contribution < 1.29 is 19.1 Å². The summed E-state index contributed by atoms with van der Waals surface area (Å²) in [6, 6.07) is -0.660. The van der Waals surface area contributed by atoms with Crippen molar-refractivity contribution in [1.29, 1.82) is 0 Å². The minimum absolute atomic E-state index is 0.118. The molecule has 1 atom stereocenters. The summed E-state index contributed by atoms with van der Waals surface area (Å²) in [6.07, 6.45) is 2.55. The third kappa shape index (κ3) is 8.47. The van der Waals surface area contributed by atoms with Crippen LogP contribution in [-0.4, -0.2) is 49.2 Å². The van der Waals surface area contributed by atoms with Crippen molar-refractivity contribution in [2.45, 2.75) is 25.8 Å². The van der Waals surface area contributed by atoms with Crippen molar-refractivity contribution in [3.63, 3.8) is 0 Å². The van der Waals surface area contributed by atoms with Crippen LogP contribution >= 0.6 is 23.4 Å². The van der Waals surface area contributed by atoms with Crippen molar-refractivity contribution in [2.75, 3.05) is 31.1 Å². The van der Waals surface area contributed by atoms with Crippen LogP contribution in [0.25, 0.3) is 0 Å². The molecule has 0 rings (SSSR count). The molecule has 1 amide bonds. The summed E-state index contributed by atoms with van der Waals surface area (Å²) >= 11 is 6.99. The van der Waals surface area contributed by atoms with Gasteiger partial charge in [-0.3, -0.25) is 0 Å². The Morgan fingerprint density at radius 1 is 1.33 bits per heavy atom. The number of halogens is 1. The van der Waals surface area contributed by atoms with Crippen LogP contribution in [0, 0.1) is 0 Å². The number of carbonyl (C=O) groups is 2. The fraction of sp³-hybridized carbons (Fsp3) is 0.818. The molecule has 1 unspecified atom stereocenters. The molecule has 0 saturated carbocycles. The van der Waals surface area contributed by atoms with Crippen molar-refractivity contribution >= 4 is 35.4 Å². The first-order valence-corrected chi connectivity index (χ1v) is 7.73. The average Bonchev–Trinajstić information content (AvgIpc) is 2.38. The van der Waals surface area contributed by atoms with E-state index in [2.05, 4.69) is 5.32 Å². The van der Waals surface area contributed by atoms with E-state index in [1.807, 2.05) is 13.2 Å². The van der Waals surface area contributed by atoms with E-state index in [0.717, 1.165) is 12.2 Å². The number of ether oxygens (including phenoxy) is 2. The Morgan fingerprint density at radius 2 is 2.06 bits per heavy atom. The molecule has 0 bridgehead atoms. The fourth-order valence-corrected chi connectivity index (χ4v) is 1.65. The summed E-state index contributed by atoms with van der Waals surface area (Å²) in [5, 5.41) is 2.49. The predicted molar refractivity (Wildman–Crippen MR) is 73.2 cm³/mol. The summed E-state index contributed by atoms with van der Waals surface area (Å²) in [7, 11) is 0. The zero-order chi connectivity index (χ0) is 13.8. The van der Waals surface area contributed by atoms with Gasteiger partial charge in [-0.1, -0.05) is 6.92 Å². The Labute approximate surface area is 117 Å². The zero-order valence-corrected chi connectivity index (χ0v) is 12.3. The topological polar surface area (TPSA) is 64.6 Å². The number of amides is 1. The number of hydrogen-bond donors (Lipinski definition) is 1. The van der Waals surface area contributed by atoms with E-state index in [-0.39, 0.29) is 12.5 Å². The third-order valence-electron chi connectivity index (χ3n) is 1.95. The smallest absolute Gasteiger partial charge is 0.407 e. The number of alkyl halides is 1. The highest BCUT2D eigenvalue weighted by Gasteiger charge is 2.22. The minimum atomic E-state index is -0.660. The quantitative estimate of drug-likeness (QED) is 0.521. The molecule has 0 heterocycles. The van der Waals surface area contributed by atoms with E-state index in [1.54, 1.807) is 11.8 Å². The number of carbonyl (C=O) groups excluding carboxylic acids is 2. The number of alkyl carbamates (subject to hydrolysis) is 1. The molecule has 0 spiro atoms. The molecule has 5 nitrogen and oxygen atoms in total. The summed E-state index contributed by atoms with van der Waals surface area (Å²) in [5.41, 5.74) is 0. The van der Waals surface area contributed by atoms with Gasteiger partial charge >= 0.3 is 12.1 Å². The third-order valence-corrected chi connectivity index (χ3v) is 2.74. The molecule has 0 aliphatic rings. The van der Waals surface area contributed by atoms with Crippen LogP contribution in [-0.2, 0) is 14.3 Å². The van der Waals surface area contributed by atoms with Gasteiger partial charge in [-0.05, 0) is 24.9 Å². The van der Waals surface area contributed by atoms with E-state index >= 15 is 0 Å². The molecule has 7 heteroatoms. The normalized spacial score (nSPS) is 11.7. The van der Waals surface area contributed by atoms with Crippen LogP contribution in [0.5, 0.6) is 0 Å². The van der Waals surface area contributed by atoms with Gasteiger partial charge in [-0.15, -0.1) is 11.6 Å². The molecule has 0 saturated heterocycles. The second kappa shape index (κ2) is 11.5. The van der Waals surface area contributed by atoms with Gasteiger partial charge in [0.05, 0.1) is 12.5 Å². The molecule has 0 aromatic rings. The van der Waals surface area contributed by atoms with Gasteiger partial charge in [0.25, 0.3) is 0 Å². The van der Waals surface area contributed by atoms with Crippen LogP contribution < -0.4 is 5.32 Å². The van der Waals surface area contributed by atoms with Gasteiger partial charge in [0.15, 0.2) is 0 Å². The summed E-state index contributed by atoms with van der Waals surface area (Å²) < 4.78 is 9.77. The molecular formula is C11H20ClNO4S. The molecule has 0 aliphatic heterocycles. The SMILES string of the molecule is CCCOC(=O)C(CCSC)NC(=O)OCCCl. The van der Waals surface area contributed by atoms with E-state index < -0.39 is 18.1 Å². The van der Waals surface area contributed by atoms with Gasteiger partial charge in [0.2, 0.25) is 0 Å². The summed E-state index contributed by atoms with van der Waals surface area (Å²) in [6.45, 7) is 2.38. The second-order valence-corrected chi connectivity index (χ2v) is 4.83. The lowest BCUT2D eigenvalue weighted by Gasteiger charge is -2.16. The molecule has 0 aromatic heterocycles. The summed E-state index contributed by atoms with van der Waals surface area (Å²) in [5.74, 6) is 0.555. The monoisotopic (exact) mass is 297 g/mol. The molecule has 0 radical (unpaired) electrons. The first-order valence-electron chi connectivity index (χ1n) is 5.80. The standard InChI is InChI=1S/C11H20ClNO4S/c1-3-6-16-10(14)9(4-8-18-2)13-11(15)17-7-5-12/h9H,3-8H2,1-2H3,(H,13,15). The molecule has 106 valence electrons. The van der Waals surface area contributed by atoms with Crippen molar-refractivity contribution in [3.8, 4) is 0 Å². The van der Waals surface area contributed by atoms with Crippen LogP contribution in [0.2, 0.25) is 0 Å². The van der Waals surface area contributed by atoms with Crippen LogP contribution in [0.1, 0.15) is 19.8 Å². The molecule has 0 aliphatic carbocycles. The number of thioether (sulfide) groups is 1. The van der Waals surface area contributed by atoms with E-state index in [4.69, 9.17) is 21.1 Å². The molecular weight excluding hydrogens is 278 g/mol. The molecule has 0 fully saturated rings. The van der Waals surface area contributed by atoms with Gasteiger partial charge < -0.3 is 14.8 Å². The Bertz CT molecular complexity index is 253. The highest BCUT2D eigenvalue weighted by atomic mass is 35.5. The van der Waals surface area contributed by atoms with Gasteiger partial charge in [0, 0.05) is 0 Å². The molecule has 1 N–H and O–H groups in total. The first kappa shape index (κ1) is 17.4. The predicted octanol–water partition coefficient (Wildman–Crippen LogP) is 2.03. The van der Waals surface area contributed by atoms with Gasteiger partial charge in [-0.25, -0.2) is 9.59 Å². The number of nitrogens with one attached hydrogen (secondary N) is 1. The highest BCUT2D eigenvalue weighted by molar-refractivity contribution is 7.98. The largest absolute Gasteiger partial charge is 0.464 e. The Balaban J connectivity index is 4.19. The lowest BCUT2D eigenvalue weighted by molar-refractivity contribution is -0.146. The maximum atomic E-state index is 11.7. The van der Waals surface area contributed by atoms with E-state index in [1.165, 1.54) is 0 Å². The van der Waals surface area contributed by atoms with Crippen LogP contribution in [0.15, 0.2) is 0 Å². The van der Waals surface area contributed by atoms with Gasteiger partial charge in [-0.2, -0.15) is 11.8 Å². The number of rotatable bonds is 9. The van der Waals surface area contributed by atoms with Crippen molar-refractivity contribution in [1.82, 2.24) is 5.32 Å². The highest BCUT2D eigenvalue weighted by Crippen LogP contribution is 2.03. The first-order chi connectivity index (χ1) is 8.65. The Morgan fingerprint density at radius 3 is 2.61 bits per heavy atom. The van der Waals surface area contributed by atoms with Crippen molar-refractivity contribution in [3.05, 3.63) is 0 Å². The van der Waals surface area contributed by atoms with Crippen LogP contribution in [0.4, 0.5) is 4.79 Å². The molecule has 18 heavy (non-hydrogen) atoms. The summed E-state index contributed by atoms with van der Waals surface area (Å²) in [4.78, 5) is 23.0. The Hall–Kier alpha value is -0.620. The zero-order valence-electron chi connectivity index (χ0n) is 10.7. The van der Waals surface area contributed by atoms with Gasteiger partial charge in [0.1, 0.15) is 12.6 Å². The van der Waals surface area contributed by atoms with Crippen molar-refractivity contribution in [2.24, 2.45) is 0 Å². The van der Waals surface area contributed by atoms with E-state index in [0.29, 0.717) is 13.0 Å².